The summed E-state index contributed by atoms with van der Waals surface area (Å²) in [6.45, 7) is 0. The Morgan fingerprint density at radius 2 is 1.48 bits per heavy atom. The van der Waals surface area contributed by atoms with E-state index in [4.69, 9.17) is 11.6 Å². The molecule has 0 radical (unpaired) electrons. The molecule has 5 nitrogen and oxygen atoms in total. The van der Waals surface area contributed by atoms with Crippen molar-refractivity contribution in [2.45, 2.75) is 0 Å². The lowest BCUT2D eigenvalue weighted by Gasteiger charge is -2.12. The smallest absolute Gasteiger partial charge is 0.306 e. The van der Waals surface area contributed by atoms with Gasteiger partial charge >= 0.3 is 5.91 Å². The number of benzene rings is 2. The van der Waals surface area contributed by atoms with E-state index in [0.29, 0.717) is 5.02 Å². The Hall–Kier alpha value is -2.92. The molecule has 0 saturated carbocycles. The van der Waals surface area contributed by atoms with E-state index in [0.717, 1.165) is 4.90 Å². The molecule has 0 bridgehead atoms. The Kier molecular flexibility index (Phi) is 3.72. The summed E-state index contributed by atoms with van der Waals surface area (Å²) >= 11 is 5.77. The van der Waals surface area contributed by atoms with E-state index < -0.39 is 28.9 Å². The Morgan fingerprint density at radius 3 is 2.09 bits per heavy atom. The minimum Gasteiger partial charge on any atom is -0.506 e. The zero-order valence-electron chi connectivity index (χ0n) is 11.7. The van der Waals surface area contributed by atoms with Gasteiger partial charge in [-0.2, -0.15) is 0 Å². The Bertz CT molecular complexity index is 841. The van der Waals surface area contributed by atoms with Gasteiger partial charge in [0, 0.05) is 10.6 Å². The molecular weight excluding hydrogens is 318 g/mol. The summed E-state index contributed by atoms with van der Waals surface area (Å²) in [7, 11) is 0. The number of carbonyl (C=O) groups excluding carboxylic acids is 3. The summed E-state index contributed by atoms with van der Waals surface area (Å²) in [5.74, 6) is -3.41. The van der Waals surface area contributed by atoms with Crippen LogP contribution in [-0.4, -0.2) is 22.7 Å². The maximum absolute atomic E-state index is 12.5. The molecule has 3 rings (SSSR count). The number of amides is 2. The van der Waals surface area contributed by atoms with Crippen molar-refractivity contribution in [3.8, 4) is 0 Å². The van der Waals surface area contributed by atoms with Crippen LogP contribution in [0.15, 0.2) is 60.2 Å². The number of Topliss-reactive ketones (excluding diaryl/α,β-unsaturated/α-hetero) is 1. The Morgan fingerprint density at radius 1 is 0.870 bits per heavy atom. The van der Waals surface area contributed by atoms with Crippen LogP contribution in [0.3, 0.4) is 0 Å². The predicted octanol–water partition coefficient (Wildman–Crippen LogP) is 2.75. The summed E-state index contributed by atoms with van der Waals surface area (Å²) in [6, 6.07) is 14.0. The molecule has 1 fully saturated rings. The van der Waals surface area contributed by atoms with Crippen molar-refractivity contribution >= 4 is 40.6 Å². The van der Waals surface area contributed by atoms with E-state index in [1.165, 1.54) is 36.4 Å². The third kappa shape index (κ3) is 2.51. The number of carbonyl (C=O) groups is 3. The number of aliphatic hydroxyl groups is 1. The number of hydrogen-bond donors (Lipinski definition) is 1. The molecule has 1 N–H and O–H groups in total. The number of halogens is 1. The fraction of sp³-hybridized carbons (Fsp3) is 0. The minimum absolute atomic E-state index is 0.216. The Labute approximate surface area is 136 Å². The van der Waals surface area contributed by atoms with Crippen molar-refractivity contribution in [1.82, 2.24) is 0 Å². The molecule has 1 aliphatic rings. The number of aliphatic hydroxyl groups excluding tert-OH is 1. The highest BCUT2D eigenvalue weighted by molar-refractivity contribution is 6.64. The zero-order valence-corrected chi connectivity index (χ0v) is 12.4. The second-order valence-electron chi connectivity index (χ2n) is 4.84. The van der Waals surface area contributed by atoms with Crippen LogP contribution in [-0.2, 0) is 14.4 Å². The van der Waals surface area contributed by atoms with Crippen molar-refractivity contribution in [2.75, 3.05) is 4.90 Å². The topological polar surface area (TPSA) is 74.7 Å². The summed E-state index contributed by atoms with van der Waals surface area (Å²) in [6.07, 6.45) is 0. The molecule has 0 aliphatic carbocycles. The van der Waals surface area contributed by atoms with Crippen molar-refractivity contribution < 1.29 is 19.5 Å². The number of rotatable bonds is 2. The van der Waals surface area contributed by atoms with Crippen LogP contribution in [0.25, 0.3) is 5.76 Å². The van der Waals surface area contributed by atoms with Crippen LogP contribution in [0, 0.1) is 0 Å². The van der Waals surface area contributed by atoms with Gasteiger partial charge in [-0.3, -0.25) is 14.4 Å². The molecule has 6 heteroatoms. The van der Waals surface area contributed by atoms with Gasteiger partial charge in [0.1, 0.15) is 11.3 Å². The standard InChI is InChI=1S/C17H10ClNO4/c18-11-6-8-12(9-7-11)19-16(22)13(15(21)17(19)23)14(20)10-4-2-1-3-5-10/h1-9,20H/b14-13-. The number of imide groups is 1. The molecule has 2 aromatic rings. The third-order valence-electron chi connectivity index (χ3n) is 3.41. The molecule has 2 aromatic carbocycles. The van der Waals surface area contributed by atoms with Gasteiger partial charge < -0.3 is 5.11 Å². The monoisotopic (exact) mass is 327 g/mol. The average Bonchev–Trinajstić information content (AvgIpc) is 2.78. The number of hydrogen-bond acceptors (Lipinski definition) is 4. The summed E-state index contributed by atoms with van der Waals surface area (Å²) < 4.78 is 0. The number of ketones is 1. The van der Waals surface area contributed by atoms with E-state index in [-0.39, 0.29) is 11.3 Å². The van der Waals surface area contributed by atoms with E-state index in [1.54, 1.807) is 18.2 Å². The highest BCUT2D eigenvalue weighted by atomic mass is 35.5. The van der Waals surface area contributed by atoms with E-state index in [2.05, 4.69) is 0 Å². The largest absolute Gasteiger partial charge is 0.506 e. The van der Waals surface area contributed by atoms with Crippen molar-refractivity contribution in [2.24, 2.45) is 0 Å². The SMILES string of the molecule is O=C1C(=O)N(c2ccc(Cl)cc2)C(=O)/C1=C(\O)c1ccccc1. The molecule has 0 aromatic heterocycles. The van der Waals surface area contributed by atoms with Crippen molar-refractivity contribution in [1.29, 1.82) is 0 Å². The summed E-state index contributed by atoms with van der Waals surface area (Å²) in [5, 5.41) is 10.7. The van der Waals surface area contributed by atoms with Crippen LogP contribution in [0.4, 0.5) is 5.69 Å². The lowest BCUT2D eigenvalue weighted by atomic mass is 10.1. The van der Waals surface area contributed by atoms with Crippen LogP contribution in [0.1, 0.15) is 5.56 Å². The molecule has 2 amide bonds. The van der Waals surface area contributed by atoms with Gasteiger partial charge in [0.2, 0.25) is 0 Å². The normalized spacial score (nSPS) is 16.9. The van der Waals surface area contributed by atoms with Gasteiger partial charge in [0.05, 0.1) is 5.69 Å². The van der Waals surface area contributed by atoms with Crippen LogP contribution in [0.2, 0.25) is 5.02 Å². The van der Waals surface area contributed by atoms with Gasteiger partial charge in [0.25, 0.3) is 11.7 Å². The molecular formula is C17H10ClNO4. The van der Waals surface area contributed by atoms with Crippen molar-refractivity contribution in [3.63, 3.8) is 0 Å². The number of nitrogens with zero attached hydrogens (tertiary/aromatic N) is 1. The van der Waals surface area contributed by atoms with Gasteiger partial charge in [0.15, 0.2) is 0 Å². The third-order valence-corrected chi connectivity index (χ3v) is 3.66. The average molecular weight is 328 g/mol. The first-order chi connectivity index (χ1) is 11.0. The van der Waals surface area contributed by atoms with Crippen LogP contribution < -0.4 is 4.90 Å². The molecule has 114 valence electrons. The summed E-state index contributed by atoms with van der Waals surface area (Å²) in [4.78, 5) is 37.4. The maximum Gasteiger partial charge on any atom is 0.306 e. The van der Waals surface area contributed by atoms with E-state index in [9.17, 15) is 19.5 Å². The fourth-order valence-corrected chi connectivity index (χ4v) is 2.41. The first-order valence-corrected chi connectivity index (χ1v) is 7.06. The lowest BCUT2D eigenvalue weighted by Crippen LogP contribution is -2.30. The Balaban J connectivity index is 2.09. The number of anilines is 1. The van der Waals surface area contributed by atoms with Crippen LogP contribution >= 0.6 is 11.6 Å². The molecule has 1 heterocycles. The second kappa shape index (κ2) is 5.70. The highest BCUT2D eigenvalue weighted by Gasteiger charge is 2.45. The predicted molar refractivity (Wildman–Crippen MR) is 84.9 cm³/mol. The molecule has 1 aliphatic heterocycles. The molecule has 1 saturated heterocycles. The zero-order chi connectivity index (χ0) is 16.6. The molecule has 0 unspecified atom stereocenters. The lowest BCUT2D eigenvalue weighted by molar-refractivity contribution is -0.132. The highest BCUT2D eigenvalue weighted by Crippen LogP contribution is 2.29. The quantitative estimate of drug-likeness (QED) is 0.302. The summed E-state index contributed by atoms with van der Waals surface area (Å²) in [5.41, 5.74) is -0.0280. The van der Waals surface area contributed by atoms with Gasteiger partial charge in [-0.05, 0) is 24.3 Å². The van der Waals surface area contributed by atoms with E-state index in [1.807, 2.05) is 0 Å². The molecule has 0 atom stereocenters. The van der Waals surface area contributed by atoms with Crippen molar-refractivity contribution in [3.05, 3.63) is 70.8 Å². The van der Waals surface area contributed by atoms with Crippen LogP contribution in [0.5, 0.6) is 0 Å². The first kappa shape index (κ1) is 15.0. The van der Waals surface area contributed by atoms with Gasteiger partial charge in [-0.1, -0.05) is 41.9 Å². The first-order valence-electron chi connectivity index (χ1n) is 6.68. The molecule has 0 spiro atoms. The maximum atomic E-state index is 12.5. The van der Waals surface area contributed by atoms with Gasteiger partial charge in [-0.15, -0.1) is 0 Å². The minimum atomic E-state index is -1.04. The van der Waals surface area contributed by atoms with Gasteiger partial charge in [-0.25, -0.2) is 4.90 Å². The second-order valence-corrected chi connectivity index (χ2v) is 5.28. The fourth-order valence-electron chi connectivity index (χ4n) is 2.28. The molecule has 23 heavy (non-hydrogen) atoms. The van der Waals surface area contributed by atoms with E-state index >= 15 is 0 Å².